The molecule has 0 aliphatic heterocycles. The fourth-order valence-electron chi connectivity index (χ4n) is 1.88. The Kier molecular flexibility index (Phi) is 4.76. The van der Waals surface area contributed by atoms with Crippen LogP contribution in [0.4, 0.5) is 14.5 Å². The van der Waals surface area contributed by atoms with Crippen molar-refractivity contribution >= 4 is 21.6 Å². The Balaban J connectivity index is 2.26. The number of halogens is 3. The maximum absolute atomic E-state index is 13.7. The molecule has 0 unspecified atom stereocenters. The van der Waals surface area contributed by atoms with E-state index in [1.165, 1.54) is 19.2 Å². The van der Waals surface area contributed by atoms with E-state index in [0.29, 0.717) is 21.3 Å². The SMILES string of the molecule is COc1ccc(C#N)cc1CNc1c(F)cc(Br)cc1F. The summed E-state index contributed by atoms with van der Waals surface area (Å²) < 4.78 is 32.9. The molecule has 3 nitrogen and oxygen atoms in total. The Morgan fingerprint density at radius 3 is 2.48 bits per heavy atom. The molecule has 108 valence electrons. The third-order valence-electron chi connectivity index (χ3n) is 2.87. The normalized spacial score (nSPS) is 10.0. The van der Waals surface area contributed by atoms with Crippen LogP contribution in [0.15, 0.2) is 34.8 Å². The van der Waals surface area contributed by atoms with E-state index >= 15 is 0 Å². The summed E-state index contributed by atoms with van der Waals surface area (Å²) in [6, 6.07) is 9.23. The fourth-order valence-corrected chi connectivity index (χ4v) is 2.28. The molecule has 0 saturated carbocycles. The minimum Gasteiger partial charge on any atom is -0.496 e. The van der Waals surface area contributed by atoms with E-state index in [1.54, 1.807) is 18.2 Å². The molecule has 1 N–H and O–H groups in total. The molecule has 2 rings (SSSR count). The van der Waals surface area contributed by atoms with Gasteiger partial charge in [-0.15, -0.1) is 0 Å². The summed E-state index contributed by atoms with van der Waals surface area (Å²) in [4.78, 5) is 0. The van der Waals surface area contributed by atoms with Crippen LogP contribution in [-0.2, 0) is 6.54 Å². The Morgan fingerprint density at radius 1 is 1.24 bits per heavy atom. The summed E-state index contributed by atoms with van der Waals surface area (Å²) in [7, 11) is 1.49. The first kappa shape index (κ1) is 15.3. The molecule has 2 aromatic carbocycles. The number of anilines is 1. The highest BCUT2D eigenvalue weighted by molar-refractivity contribution is 9.10. The summed E-state index contributed by atoms with van der Waals surface area (Å²) in [6.45, 7) is 0.133. The van der Waals surface area contributed by atoms with E-state index in [2.05, 4.69) is 21.2 Å². The molecule has 0 heterocycles. The topological polar surface area (TPSA) is 45.0 Å². The van der Waals surface area contributed by atoms with E-state index in [-0.39, 0.29) is 12.2 Å². The van der Waals surface area contributed by atoms with Crippen LogP contribution in [0.3, 0.4) is 0 Å². The van der Waals surface area contributed by atoms with Gasteiger partial charge in [-0.25, -0.2) is 8.78 Å². The van der Waals surface area contributed by atoms with Gasteiger partial charge in [0, 0.05) is 16.6 Å². The molecular formula is C15H11BrF2N2O. The van der Waals surface area contributed by atoms with E-state index in [0.717, 1.165) is 0 Å². The van der Waals surface area contributed by atoms with Gasteiger partial charge in [0.2, 0.25) is 0 Å². The van der Waals surface area contributed by atoms with E-state index in [1.807, 2.05) is 6.07 Å². The van der Waals surface area contributed by atoms with Crippen LogP contribution in [0.5, 0.6) is 5.75 Å². The predicted octanol–water partition coefficient (Wildman–Crippen LogP) is 4.22. The highest BCUT2D eigenvalue weighted by Gasteiger charge is 2.11. The van der Waals surface area contributed by atoms with Crippen molar-refractivity contribution in [2.24, 2.45) is 0 Å². The van der Waals surface area contributed by atoms with Gasteiger partial charge in [0.1, 0.15) is 23.1 Å². The van der Waals surface area contributed by atoms with Crippen LogP contribution in [0, 0.1) is 23.0 Å². The summed E-state index contributed by atoms with van der Waals surface area (Å²) >= 11 is 3.02. The molecule has 0 aliphatic carbocycles. The highest BCUT2D eigenvalue weighted by Crippen LogP contribution is 2.26. The average Bonchev–Trinajstić information content (AvgIpc) is 2.45. The van der Waals surface area contributed by atoms with Gasteiger partial charge in [-0.1, -0.05) is 15.9 Å². The first-order chi connectivity index (χ1) is 10.0. The molecule has 0 spiro atoms. The van der Waals surface area contributed by atoms with Crippen molar-refractivity contribution in [2.75, 3.05) is 12.4 Å². The number of hydrogen-bond acceptors (Lipinski definition) is 3. The van der Waals surface area contributed by atoms with Gasteiger partial charge in [-0.2, -0.15) is 5.26 Å². The first-order valence-electron chi connectivity index (χ1n) is 6.00. The lowest BCUT2D eigenvalue weighted by molar-refractivity contribution is 0.410. The molecule has 0 bridgehead atoms. The Morgan fingerprint density at radius 2 is 1.90 bits per heavy atom. The third kappa shape index (κ3) is 3.50. The van der Waals surface area contributed by atoms with Crippen LogP contribution in [0.2, 0.25) is 0 Å². The summed E-state index contributed by atoms with van der Waals surface area (Å²) in [5, 5.41) is 11.6. The molecular weight excluding hydrogens is 342 g/mol. The number of benzene rings is 2. The van der Waals surface area contributed by atoms with Crippen molar-refractivity contribution in [3.05, 3.63) is 57.6 Å². The van der Waals surface area contributed by atoms with Gasteiger partial charge in [0.25, 0.3) is 0 Å². The van der Waals surface area contributed by atoms with E-state index < -0.39 is 11.6 Å². The number of methoxy groups -OCH3 is 1. The van der Waals surface area contributed by atoms with Crippen molar-refractivity contribution in [3.63, 3.8) is 0 Å². The number of nitriles is 1. The zero-order valence-corrected chi connectivity index (χ0v) is 12.7. The largest absolute Gasteiger partial charge is 0.496 e. The lowest BCUT2D eigenvalue weighted by Gasteiger charge is -2.12. The summed E-state index contributed by atoms with van der Waals surface area (Å²) in [5.41, 5.74) is 0.866. The second-order valence-corrected chi connectivity index (χ2v) is 5.15. The van der Waals surface area contributed by atoms with Gasteiger partial charge in [-0.3, -0.25) is 0 Å². The van der Waals surface area contributed by atoms with Gasteiger partial charge in [-0.05, 0) is 30.3 Å². The average molecular weight is 353 g/mol. The lowest BCUT2D eigenvalue weighted by Crippen LogP contribution is -2.05. The Bertz CT molecular complexity index is 690. The number of ether oxygens (including phenoxy) is 1. The van der Waals surface area contributed by atoms with Crippen molar-refractivity contribution in [1.82, 2.24) is 0 Å². The van der Waals surface area contributed by atoms with E-state index in [4.69, 9.17) is 10.00 Å². The van der Waals surface area contributed by atoms with Crippen molar-refractivity contribution in [3.8, 4) is 11.8 Å². The molecule has 0 atom stereocenters. The summed E-state index contributed by atoms with van der Waals surface area (Å²) in [6.07, 6.45) is 0. The third-order valence-corrected chi connectivity index (χ3v) is 3.33. The van der Waals surface area contributed by atoms with E-state index in [9.17, 15) is 8.78 Å². The second kappa shape index (κ2) is 6.55. The number of hydrogen-bond donors (Lipinski definition) is 1. The fraction of sp³-hybridized carbons (Fsp3) is 0.133. The van der Waals surface area contributed by atoms with Gasteiger partial charge in [0.15, 0.2) is 0 Å². The van der Waals surface area contributed by atoms with Crippen molar-refractivity contribution in [1.29, 1.82) is 5.26 Å². The Hall–Kier alpha value is -2.13. The lowest BCUT2D eigenvalue weighted by atomic mass is 10.1. The number of nitrogens with zero attached hydrogens (tertiary/aromatic N) is 1. The number of rotatable bonds is 4. The smallest absolute Gasteiger partial charge is 0.150 e. The zero-order valence-electron chi connectivity index (χ0n) is 11.1. The first-order valence-corrected chi connectivity index (χ1v) is 6.80. The minimum atomic E-state index is -0.697. The molecule has 0 fully saturated rings. The molecule has 6 heteroatoms. The monoisotopic (exact) mass is 352 g/mol. The molecule has 0 saturated heterocycles. The predicted molar refractivity (Wildman–Crippen MR) is 79.1 cm³/mol. The summed E-state index contributed by atoms with van der Waals surface area (Å²) in [5.74, 6) is -0.853. The molecule has 0 aliphatic rings. The van der Waals surface area contributed by atoms with Gasteiger partial charge < -0.3 is 10.1 Å². The van der Waals surface area contributed by atoms with Crippen LogP contribution in [0.25, 0.3) is 0 Å². The Labute approximate surface area is 129 Å². The van der Waals surface area contributed by atoms with Crippen molar-refractivity contribution < 1.29 is 13.5 Å². The number of nitrogens with one attached hydrogen (secondary N) is 1. The maximum atomic E-state index is 13.7. The van der Waals surface area contributed by atoms with Crippen LogP contribution >= 0.6 is 15.9 Å². The quantitative estimate of drug-likeness (QED) is 0.895. The molecule has 2 aromatic rings. The highest BCUT2D eigenvalue weighted by atomic mass is 79.9. The van der Waals surface area contributed by atoms with Gasteiger partial charge >= 0.3 is 0 Å². The maximum Gasteiger partial charge on any atom is 0.150 e. The van der Waals surface area contributed by atoms with Crippen molar-refractivity contribution in [2.45, 2.75) is 6.54 Å². The molecule has 21 heavy (non-hydrogen) atoms. The van der Waals surface area contributed by atoms with Gasteiger partial charge in [0.05, 0.1) is 18.7 Å². The second-order valence-electron chi connectivity index (χ2n) is 4.24. The standard InChI is InChI=1S/C15H11BrF2N2O/c1-21-14-3-2-9(7-19)4-10(14)8-20-15-12(17)5-11(16)6-13(15)18/h2-6,20H,8H2,1H3. The van der Waals surface area contributed by atoms with Crippen LogP contribution in [-0.4, -0.2) is 7.11 Å². The zero-order chi connectivity index (χ0) is 15.4. The van der Waals surface area contributed by atoms with Crippen LogP contribution in [0.1, 0.15) is 11.1 Å². The minimum absolute atomic E-state index is 0.133. The van der Waals surface area contributed by atoms with Crippen LogP contribution < -0.4 is 10.1 Å². The molecule has 0 amide bonds. The molecule has 0 aromatic heterocycles. The molecule has 0 radical (unpaired) electrons.